The molecular formula is C24H29BrN2O4. The second-order valence-electron chi connectivity index (χ2n) is 8.24. The van der Waals surface area contributed by atoms with Crippen molar-refractivity contribution in [3.05, 3.63) is 58.6 Å². The summed E-state index contributed by atoms with van der Waals surface area (Å²) in [6.07, 6.45) is 1.50. The Morgan fingerprint density at radius 1 is 1.19 bits per heavy atom. The summed E-state index contributed by atoms with van der Waals surface area (Å²) in [4.78, 5) is 16.4. The van der Waals surface area contributed by atoms with Gasteiger partial charge in [-0.05, 0) is 68.1 Å². The zero-order chi connectivity index (χ0) is 21.8. The molecule has 2 aromatic rings. The largest absolute Gasteiger partial charge is 0.465 e. The Hall–Kier alpha value is -2.09. The lowest BCUT2D eigenvalue weighted by Crippen LogP contribution is -2.33. The molecule has 0 spiro atoms. The van der Waals surface area contributed by atoms with E-state index in [4.69, 9.17) is 14.2 Å². The number of benzene rings is 2. The first kappa shape index (κ1) is 22.1. The number of cyclic esters (lactones) is 1. The molecule has 3 atom stereocenters. The molecule has 4 rings (SSSR count). The van der Waals surface area contributed by atoms with Gasteiger partial charge in [0.25, 0.3) is 0 Å². The summed E-state index contributed by atoms with van der Waals surface area (Å²) in [5.74, 6) is 1.38. The Kier molecular flexibility index (Phi) is 7.15. The van der Waals surface area contributed by atoms with E-state index in [9.17, 15) is 4.79 Å². The van der Waals surface area contributed by atoms with Crippen molar-refractivity contribution in [1.82, 2.24) is 4.90 Å². The highest BCUT2D eigenvalue weighted by molar-refractivity contribution is 9.10. The molecule has 2 heterocycles. The third kappa shape index (κ3) is 5.59. The first-order valence-electron chi connectivity index (χ1n) is 10.7. The number of carbonyl (C=O) groups is 1. The number of likely N-dealkylation sites (tertiary alicyclic amines) is 1. The quantitative estimate of drug-likeness (QED) is 0.503. The fourth-order valence-corrected chi connectivity index (χ4v) is 4.71. The number of hydrogen-bond acceptors (Lipinski definition) is 5. The Morgan fingerprint density at radius 2 is 2.00 bits per heavy atom. The Balaban J connectivity index is 1.30. The van der Waals surface area contributed by atoms with Crippen LogP contribution in [0.2, 0.25) is 0 Å². The van der Waals surface area contributed by atoms with Crippen molar-refractivity contribution in [2.45, 2.75) is 32.2 Å². The first-order chi connectivity index (χ1) is 15.0. The van der Waals surface area contributed by atoms with Gasteiger partial charge < -0.3 is 14.2 Å². The maximum atomic E-state index is 12.3. The third-order valence-electron chi connectivity index (χ3n) is 5.93. The number of nitrogens with zero attached hydrogens (tertiary/aromatic N) is 2. The van der Waals surface area contributed by atoms with Crippen molar-refractivity contribution in [2.75, 3.05) is 38.2 Å². The van der Waals surface area contributed by atoms with Crippen LogP contribution in [0.15, 0.2) is 53.0 Å². The number of halogens is 1. The standard InChI is InChI=1S/C24H29BrN2O4/c1-17(29-2)30-21-8-9-23(25)19(13-21)12-18-10-11-26(14-18)15-22-16-27(24(28)31-22)20-6-4-3-5-7-20/h3-9,13,17-18,22H,10-12,14-16H2,1-2H3. The van der Waals surface area contributed by atoms with Gasteiger partial charge in [-0.2, -0.15) is 0 Å². The average molecular weight is 489 g/mol. The van der Waals surface area contributed by atoms with Crippen molar-refractivity contribution >= 4 is 27.7 Å². The fraction of sp³-hybridized carbons (Fsp3) is 0.458. The summed E-state index contributed by atoms with van der Waals surface area (Å²) in [7, 11) is 1.64. The number of ether oxygens (including phenoxy) is 3. The van der Waals surface area contributed by atoms with Gasteiger partial charge in [0.05, 0.1) is 6.54 Å². The molecule has 0 radical (unpaired) electrons. The minimum Gasteiger partial charge on any atom is -0.465 e. The van der Waals surface area contributed by atoms with Crippen LogP contribution >= 0.6 is 15.9 Å². The average Bonchev–Trinajstić information content (AvgIpc) is 3.37. The van der Waals surface area contributed by atoms with Gasteiger partial charge in [0.2, 0.25) is 0 Å². The number of anilines is 1. The van der Waals surface area contributed by atoms with Gasteiger partial charge in [0, 0.05) is 30.4 Å². The molecule has 2 aromatic carbocycles. The second kappa shape index (κ2) is 10.0. The van der Waals surface area contributed by atoms with E-state index in [0.717, 1.165) is 48.4 Å². The summed E-state index contributed by atoms with van der Waals surface area (Å²) in [6, 6.07) is 15.8. The van der Waals surface area contributed by atoms with E-state index in [0.29, 0.717) is 12.5 Å². The van der Waals surface area contributed by atoms with Crippen LogP contribution in [0.25, 0.3) is 0 Å². The molecule has 0 saturated carbocycles. The summed E-state index contributed by atoms with van der Waals surface area (Å²) in [5, 5.41) is 0. The highest BCUT2D eigenvalue weighted by Gasteiger charge is 2.35. The van der Waals surface area contributed by atoms with Crippen LogP contribution in [0.3, 0.4) is 0 Å². The van der Waals surface area contributed by atoms with E-state index in [1.807, 2.05) is 49.4 Å². The number of carbonyl (C=O) groups excluding carboxylic acids is 1. The molecule has 1 amide bonds. The van der Waals surface area contributed by atoms with Crippen molar-refractivity contribution in [1.29, 1.82) is 0 Å². The summed E-state index contributed by atoms with van der Waals surface area (Å²) in [6.45, 7) is 5.29. The fourth-order valence-electron chi connectivity index (χ4n) is 4.30. The smallest absolute Gasteiger partial charge is 0.414 e. The van der Waals surface area contributed by atoms with Crippen LogP contribution in [0.1, 0.15) is 18.9 Å². The van der Waals surface area contributed by atoms with Crippen LogP contribution in [0.5, 0.6) is 5.75 Å². The number of methoxy groups -OCH3 is 1. The van der Waals surface area contributed by atoms with Crippen LogP contribution < -0.4 is 9.64 Å². The SMILES string of the molecule is COC(C)Oc1ccc(Br)c(CC2CCN(CC3CN(c4ccccc4)C(=O)O3)C2)c1. The molecule has 6 nitrogen and oxygen atoms in total. The normalized spacial score (nSPS) is 22.5. The Bertz CT molecular complexity index is 894. The van der Waals surface area contributed by atoms with E-state index in [2.05, 4.69) is 26.9 Å². The van der Waals surface area contributed by atoms with E-state index >= 15 is 0 Å². The van der Waals surface area contributed by atoms with Crippen LogP contribution in [-0.4, -0.2) is 56.7 Å². The van der Waals surface area contributed by atoms with Gasteiger partial charge in [-0.3, -0.25) is 9.80 Å². The lowest BCUT2D eigenvalue weighted by Gasteiger charge is -2.20. The Labute approximate surface area is 192 Å². The number of rotatable bonds is 8. The summed E-state index contributed by atoms with van der Waals surface area (Å²) in [5.41, 5.74) is 2.14. The van der Waals surface area contributed by atoms with E-state index in [1.165, 1.54) is 5.56 Å². The van der Waals surface area contributed by atoms with Crippen LogP contribution in [-0.2, 0) is 15.9 Å². The second-order valence-corrected chi connectivity index (χ2v) is 9.10. The van der Waals surface area contributed by atoms with Crippen molar-refractivity contribution in [3.63, 3.8) is 0 Å². The Morgan fingerprint density at radius 3 is 2.77 bits per heavy atom. The number of hydrogen-bond donors (Lipinski definition) is 0. The maximum Gasteiger partial charge on any atom is 0.414 e. The van der Waals surface area contributed by atoms with Crippen LogP contribution in [0, 0.1) is 5.92 Å². The minimum absolute atomic E-state index is 0.0922. The van der Waals surface area contributed by atoms with E-state index in [1.54, 1.807) is 12.0 Å². The summed E-state index contributed by atoms with van der Waals surface area (Å²) >= 11 is 3.68. The number of amides is 1. The molecule has 0 aromatic heterocycles. The molecule has 2 saturated heterocycles. The molecule has 7 heteroatoms. The molecule has 166 valence electrons. The summed E-state index contributed by atoms with van der Waals surface area (Å²) < 4.78 is 17.7. The van der Waals surface area contributed by atoms with Crippen LogP contribution in [0.4, 0.5) is 10.5 Å². The van der Waals surface area contributed by atoms with Gasteiger partial charge in [-0.25, -0.2) is 4.79 Å². The maximum absolute atomic E-state index is 12.3. The zero-order valence-electron chi connectivity index (χ0n) is 18.0. The third-order valence-corrected chi connectivity index (χ3v) is 6.71. The van der Waals surface area contributed by atoms with Crippen molar-refractivity contribution in [3.8, 4) is 5.75 Å². The minimum atomic E-state index is -0.277. The number of para-hydroxylation sites is 1. The molecule has 0 bridgehead atoms. The van der Waals surface area contributed by atoms with Crippen molar-refractivity contribution in [2.24, 2.45) is 5.92 Å². The molecule has 2 aliphatic heterocycles. The molecule has 2 fully saturated rings. The lowest BCUT2D eigenvalue weighted by molar-refractivity contribution is -0.0383. The monoisotopic (exact) mass is 488 g/mol. The molecule has 2 aliphatic rings. The van der Waals surface area contributed by atoms with Gasteiger partial charge >= 0.3 is 6.09 Å². The topological polar surface area (TPSA) is 51.2 Å². The highest BCUT2D eigenvalue weighted by Crippen LogP contribution is 2.29. The van der Waals surface area contributed by atoms with E-state index in [-0.39, 0.29) is 18.5 Å². The molecule has 0 aliphatic carbocycles. The van der Waals surface area contributed by atoms with E-state index < -0.39 is 0 Å². The lowest BCUT2D eigenvalue weighted by atomic mass is 9.98. The molecular weight excluding hydrogens is 460 g/mol. The predicted octanol–water partition coefficient (Wildman–Crippen LogP) is 4.71. The van der Waals surface area contributed by atoms with Crippen molar-refractivity contribution < 1.29 is 19.0 Å². The zero-order valence-corrected chi connectivity index (χ0v) is 19.6. The van der Waals surface area contributed by atoms with Gasteiger partial charge in [-0.1, -0.05) is 34.1 Å². The van der Waals surface area contributed by atoms with Gasteiger partial charge in [0.1, 0.15) is 11.9 Å². The highest BCUT2D eigenvalue weighted by atomic mass is 79.9. The predicted molar refractivity (Wildman–Crippen MR) is 124 cm³/mol. The first-order valence-corrected chi connectivity index (χ1v) is 11.5. The van der Waals surface area contributed by atoms with Gasteiger partial charge in [-0.15, -0.1) is 0 Å². The molecule has 31 heavy (non-hydrogen) atoms. The molecule has 0 N–H and O–H groups in total. The molecule has 3 unspecified atom stereocenters. The van der Waals surface area contributed by atoms with Gasteiger partial charge in [0.15, 0.2) is 6.29 Å².